The highest BCUT2D eigenvalue weighted by atomic mass is 19.1. The molecule has 2 heterocycles. The maximum Gasteiger partial charge on any atom is 0.254 e. The van der Waals surface area contributed by atoms with Gasteiger partial charge in [-0.3, -0.25) is 4.79 Å². The second-order valence-corrected chi connectivity index (χ2v) is 5.21. The molecule has 0 saturated carbocycles. The minimum absolute atomic E-state index is 0.0109. The van der Waals surface area contributed by atoms with Crippen LogP contribution in [0.5, 0.6) is 5.75 Å². The molecule has 0 aliphatic carbocycles. The van der Waals surface area contributed by atoms with Crippen LogP contribution < -0.4 is 4.74 Å². The summed E-state index contributed by atoms with van der Waals surface area (Å²) in [5.41, 5.74) is -0.505. The maximum absolute atomic E-state index is 13.4. The molecule has 116 valence electrons. The summed E-state index contributed by atoms with van der Waals surface area (Å²) >= 11 is 0. The van der Waals surface area contributed by atoms with Crippen molar-refractivity contribution >= 4 is 5.91 Å². The number of carbonyl (C=O) groups excluding carboxylic acids is 1. The van der Waals surface area contributed by atoms with Crippen molar-refractivity contribution in [3.05, 3.63) is 41.5 Å². The molecule has 1 atom stereocenters. The number of likely N-dealkylation sites (tertiary alicyclic amines) is 1. The Bertz CT molecular complexity index is 691. The molecule has 0 radical (unpaired) electrons. The molecule has 1 aliphatic heterocycles. The molecule has 3 rings (SSSR count). The van der Waals surface area contributed by atoms with Gasteiger partial charge in [0.05, 0.1) is 19.9 Å². The fraction of sp³-hybridized carbons (Fsp3) is 0.357. The number of halogens is 1. The molecule has 8 heteroatoms. The number of ether oxygens (including phenoxy) is 1. The fourth-order valence-electron chi connectivity index (χ4n) is 2.58. The molecular formula is C14H15FN4O3. The molecule has 0 bridgehead atoms. The lowest BCUT2D eigenvalue weighted by atomic mass is 10.00. The van der Waals surface area contributed by atoms with E-state index in [0.29, 0.717) is 24.2 Å². The highest BCUT2D eigenvalue weighted by Crippen LogP contribution is 2.31. The van der Waals surface area contributed by atoms with Crippen LogP contribution in [0.2, 0.25) is 0 Å². The van der Waals surface area contributed by atoms with E-state index < -0.39 is 11.4 Å². The third kappa shape index (κ3) is 2.41. The molecule has 1 fully saturated rings. The largest absolute Gasteiger partial charge is 0.494 e. The highest BCUT2D eigenvalue weighted by Gasteiger charge is 2.41. The van der Waals surface area contributed by atoms with Crippen molar-refractivity contribution in [2.75, 3.05) is 20.2 Å². The number of aliphatic hydroxyl groups is 1. The van der Waals surface area contributed by atoms with Crippen LogP contribution in [-0.4, -0.2) is 51.5 Å². The van der Waals surface area contributed by atoms with Crippen LogP contribution in [0.25, 0.3) is 0 Å². The Balaban J connectivity index is 1.80. The lowest BCUT2D eigenvalue weighted by molar-refractivity contribution is 0.0382. The van der Waals surface area contributed by atoms with Gasteiger partial charge in [0, 0.05) is 18.5 Å². The molecule has 7 nitrogen and oxygen atoms in total. The summed E-state index contributed by atoms with van der Waals surface area (Å²) in [5, 5.41) is 20.6. The lowest BCUT2D eigenvalue weighted by Crippen LogP contribution is -2.34. The molecule has 0 spiro atoms. The normalized spacial score (nSPS) is 21.1. The molecular weight excluding hydrogens is 291 g/mol. The smallest absolute Gasteiger partial charge is 0.254 e. The SMILES string of the molecule is COc1cc(C(=O)N2CCC(O)(c3cn[nH]n3)C2)ccc1F. The molecule has 2 N–H and O–H groups in total. The summed E-state index contributed by atoms with van der Waals surface area (Å²) in [6, 6.07) is 3.94. The van der Waals surface area contributed by atoms with Crippen LogP contribution in [0.4, 0.5) is 4.39 Å². The molecule has 1 aromatic heterocycles. The third-order valence-corrected chi connectivity index (χ3v) is 3.82. The molecule has 22 heavy (non-hydrogen) atoms. The van der Waals surface area contributed by atoms with Crippen molar-refractivity contribution < 1.29 is 19.0 Å². The van der Waals surface area contributed by atoms with Crippen molar-refractivity contribution in [1.29, 1.82) is 0 Å². The van der Waals surface area contributed by atoms with Crippen LogP contribution in [0.15, 0.2) is 24.4 Å². The summed E-state index contributed by atoms with van der Waals surface area (Å²) in [6.07, 6.45) is 1.80. The van der Waals surface area contributed by atoms with Crippen molar-refractivity contribution in [2.24, 2.45) is 0 Å². The Morgan fingerprint density at radius 2 is 2.36 bits per heavy atom. The van der Waals surface area contributed by atoms with Crippen LogP contribution in [0.1, 0.15) is 22.5 Å². The Labute approximate surface area is 125 Å². The average Bonchev–Trinajstić information content (AvgIpc) is 3.17. The zero-order valence-electron chi connectivity index (χ0n) is 11.9. The fourth-order valence-corrected chi connectivity index (χ4v) is 2.58. The van der Waals surface area contributed by atoms with E-state index in [1.165, 1.54) is 36.4 Å². The number of nitrogens with zero attached hydrogens (tertiary/aromatic N) is 3. The predicted octanol–water partition coefficient (Wildman–Crippen LogP) is 0.686. The standard InChI is InChI=1S/C14H15FN4O3/c1-22-11-6-9(2-3-10(11)15)13(20)19-5-4-14(21,8-19)12-7-16-18-17-12/h2-3,6-7,21H,4-5,8H2,1H3,(H,16,17,18). The van der Waals surface area contributed by atoms with Gasteiger partial charge in [0.2, 0.25) is 0 Å². The van der Waals surface area contributed by atoms with Gasteiger partial charge in [-0.25, -0.2) is 4.39 Å². The number of H-pyrrole nitrogens is 1. The quantitative estimate of drug-likeness (QED) is 0.870. The summed E-state index contributed by atoms with van der Waals surface area (Å²) in [5.74, 6) is -0.811. The van der Waals surface area contributed by atoms with Crippen LogP contribution in [0.3, 0.4) is 0 Å². The number of aromatic nitrogens is 3. The number of hydrogen-bond donors (Lipinski definition) is 2. The molecule has 1 amide bonds. The summed E-state index contributed by atoms with van der Waals surface area (Å²) in [7, 11) is 1.34. The topological polar surface area (TPSA) is 91.3 Å². The number of aromatic amines is 1. The van der Waals surface area contributed by atoms with E-state index in [9.17, 15) is 14.3 Å². The minimum atomic E-state index is -1.22. The zero-order chi connectivity index (χ0) is 15.7. The third-order valence-electron chi connectivity index (χ3n) is 3.82. The number of methoxy groups -OCH3 is 1. The van der Waals surface area contributed by atoms with Gasteiger partial charge >= 0.3 is 0 Å². The van der Waals surface area contributed by atoms with E-state index in [1.807, 2.05) is 0 Å². The molecule has 1 unspecified atom stereocenters. The Morgan fingerprint density at radius 1 is 1.55 bits per heavy atom. The average molecular weight is 306 g/mol. The number of benzene rings is 1. The number of amides is 1. The summed E-state index contributed by atoms with van der Waals surface area (Å²) in [6.45, 7) is 0.486. The van der Waals surface area contributed by atoms with Gasteiger partial charge < -0.3 is 14.7 Å². The van der Waals surface area contributed by atoms with Gasteiger partial charge in [0.1, 0.15) is 11.3 Å². The van der Waals surface area contributed by atoms with Gasteiger partial charge in [-0.2, -0.15) is 15.4 Å². The Morgan fingerprint density at radius 3 is 3.05 bits per heavy atom. The van der Waals surface area contributed by atoms with E-state index in [1.54, 1.807) is 0 Å². The molecule has 1 aromatic carbocycles. The number of rotatable bonds is 3. The van der Waals surface area contributed by atoms with E-state index in [2.05, 4.69) is 15.4 Å². The molecule has 1 aliphatic rings. The second kappa shape index (κ2) is 5.38. The van der Waals surface area contributed by atoms with E-state index in [-0.39, 0.29) is 18.2 Å². The van der Waals surface area contributed by atoms with E-state index >= 15 is 0 Å². The Hall–Kier alpha value is -2.48. The van der Waals surface area contributed by atoms with Gasteiger partial charge in [0.15, 0.2) is 11.6 Å². The summed E-state index contributed by atoms with van der Waals surface area (Å²) < 4.78 is 18.3. The van der Waals surface area contributed by atoms with Gasteiger partial charge in [-0.1, -0.05) is 0 Å². The summed E-state index contributed by atoms with van der Waals surface area (Å²) in [4.78, 5) is 14.0. The predicted molar refractivity (Wildman–Crippen MR) is 73.8 cm³/mol. The van der Waals surface area contributed by atoms with Crippen molar-refractivity contribution in [3.8, 4) is 5.75 Å². The second-order valence-electron chi connectivity index (χ2n) is 5.21. The van der Waals surface area contributed by atoms with Crippen LogP contribution >= 0.6 is 0 Å². The maximum atomic E-state index is 13.4. The van der Waals surface area contributed by atoms with Crippen molar-refractivity contribution in [3.63, 3.8) is 0 Å². The van der Waals surface area contributed by atoms with Gasteiger partial charge in [-0.15, -0.1) is 0 Å². The van der Waals surface area contributed by atoms with Crippen LogP contribution in [-0.2, 0) is 5.60 Å². The molecule has 2 aromatic rings. The van der Waals surface area contributed by atoms with Gasteiger partial charge in [-0.05, 0) is 18.2 Å². The van der Waals surface area contributed by atoms with E-state index in [4.69, 9.17) is 4.74 Å². The van der Waals surface area contributed by atoms with Gasteiger partial charge in [0.25, 0.3) is 5.91 Å². The first-order valence-electron chi connectivity index (χ1n) is 6.75. The Kier molecular flexibility index (Phi) is 3.53. The van der Waals surface area contributed by atoms with E-state index in [0.717, 1.165) is 0 Å². The first kappa shape index (κ1) is 14.5. The molecule has 1 saturated heterocycles. The number of nitrogens with one attached hydrogen (secondary N) is 1. The van der Waals surface area contributed by atoms with Crippen molar-refractivity contribution in [2.45, 2.75) is 12.0 Å². The monoisotopic (exact) mass is 306 g/mol. The number of hydrogen-bond acceptors (Lipinski definition) is 5. The first-order chi connectivity index (χ1) is 10.5. The number of β-amino-alcohol motifs (C(OH)–C–C–N with tert-alkyl or cyclic N) is 1. The lowest BCUT2D eigenvalue weighted by Gasteiger charge is -2.21. The zero-order valence-corrected chi connectivity index (χ0v) is 11.9. The first-order valence-corrected chi connectivity index (χ1v) is 6.75. The van der Waals surface area contributed by atoms with Crippen LogP contribution in [0, 0.1) is 5.82 Å². The van der Waals surface area contributed by atoms with Crippen molar-refractivity contribution in [1.82, 2.24) is 20.3 Å². The highest BCUT2D eigenvalue weighted by molar-refractivity contribution is 5.94. The minimum Gasteiger partial charge on any atom is -0.494 e. The number of carbonyl (C=O) groups is 1.